The summed E-state index contributed by atoms with van der Waals surface area (Å²) in [5, 5.41) is 4.92. The van der Waals surface area contributed by atoms with Crippen LogP contribution >= 0.6 is 31.9 Å². The second-order valence-electron chi connectivity index (χ2n) is 5.86. The first-order valence-corrected chi connectivity index (χ1v) is 10.3. The van der Waals surface area contributed by atoms with E-state index in [1.807, 2.05) is 32.0 Å². The summed E-state index contributed by atoms with van der Waals surface area (Å²) in [5.74, 6) is 1.82. The molecule has 6 nitrogen and oxygen atoms in total. The summed E-state index contributed by atoms with van der Waals surface area (Å²) in [7, 11) is 1.58. The average Bonchev–Trinajstić information content (AvgIpc) is 2.69. The number of nitrogens with zero attached hydrogens (tertiary/aromatic N) is 3. The van der Waals surface area contributed by atoms with Crippen molar-refractivity contribution in [3.63, 3.8) is 0 Å². The predicted octanol–water partition coefficient (Wildman–Crippen LogP) is 4.77. The largest absolute Gasteiger partial charge is 0.493 e. The van der Waals surface area contributed by atoms with Gasteiger partial charge in [0.2, 0.25) is 0 Å². The normalized spacial score (nSPS) is 11.3. The van der Waals surface area contributed by atoms with Crippen molar-refractivity contribution in [2.45, 2.75) is 20.3 Å². The van der Waals surface area contributed by atoms with E-state index < -0.39 is 0 Å². The van der Waals surface area contributed by atoms with Crippen molar-refractivity contribution in [1.29, 1.82) is 0 Å². The number of benzene rings is 2. The van der Waals surface area contributed by atoms with Crippen LogP contribution in [0.3, 0.4) is 0 Å². The van der Waals surface area contributed by atoms with Crippen LogP contribution in [0.15, 0.2) is 49.2 Å². The second-order valence-corrected chi connectivity index (χ2v) is 7.63. The number of rotatable bonds is 6. The minimum Gasteiger partial charge on any atom is -0.493 e. The summed E-state index contributed by atoms with van der Waals surface area (Å²) >= 11 is 6.92. The zero-order valence-electron chi connectivity index (χ0n) is 15.7. The van der Waals surface area contributed by atoms with Crippen LogP contribution in [0.2, 0.25) is 0 Å². The molecule has 0 aliphatic heterocycles. The maximum absolute atomic E-state index is 13.0. The van der Waals surface area contributed by atoms with Crippen LogP contribution in [0.4, 0.5) is 0 Å². The average molecular weight is 509 g/mol. The molecule has 28 heavy (non-hydrogen) atoms. The van der Waals surface area contributed by atoms with Crippen LogP contribution in [-0.4, -0.2) is 29.6 Å². The van der Waals surface area contributed by atoms with Gasteiger partial charge in [-0.15, -0.1) is 0 Å². The lowest BCUT2D eigenvalue weighted by Crippen LogP contribution is -2.22. The molecule has 1 aromatic heterocycles. The molecule has 0 radical (unpaired) electrons. The van der Waals surface area contributed by atoms with Crippen molar-refractivity contribution in [3.8, 4) is 11.5 Å². The molecule has 0 atom stereocenters. The van der Waals surface area contributed by atoms with Crippen molar-refractivity contribution in [2.24, 2.45) is 5.10 Å². The lowest BCUT2D eigenvalue weighted by atomic mass is 10.2. The highest BCUT2D eigenvalue weighted by molar-refractivity contribution is 9.10. The molecule has 146 valence electrons. The van der Waals surface area contributed by atoms with Crippen molar-refractivity contribution in [2.75, 3.05) is 13.7 Å². The Hall–Kier alpha value is -2.19. The monoisotopic (exact) mass is 507 g/mol. The van der Waals surface area contributed by atoms with E-state index in [0.717, 1.165) is 14.5 Å². The highest BCUT2D eigenvalue weighted by Crippen LogP contribution is 2.33. The maximum Gasteiger partial charge on any atom is 0.282 e. The number of aryl methyl sites for hydroxylation is 1. The van der Waals surface area contributed by atoms with Gasteiger partial charge in [0.05, 0.1) is 30.8 Å². The molecular weight excluding hydrogens is 490 g/mol. The zero-order chi connectivity index (χ0) is 20.3. The number of methoxy groups -OCH3 is 1. The lowest BCUT2D eigenvalue weighted by Gasteiger charge is -2.11. The number of fused-ring (bicyclic) bond motifs is 1. The summed E-state index contributed by atoms with van der Waals surface area (Å²) < 4.78 is 13.9. The zero-order valence-corrected chi connectivity index (χ0v) is 18.9. The van der Waals surface area contributed by atoms with Gasteiger partial charge in [0.15, 0.2) is 11.5 Å². The third kappa shape index (κ3) is 4.12. The Balaban J connectivity index is 2.10. The third-order valence-electron chi connectivity index (χ3n) is 4.09. The Morgan fingerprint density at radius 3 is 2.64 bits per heavy atom. The first kappa shape index (κ1) is 20.5. The predicted molar refractivity (Wildman–Crippen MR) is 118 cm³/mol. The summed E-state index contributed by atoms with van der Waals surface area (Å²) in [6, 6.07) is 9.07. The van der Waals surface area contributed by atoms with Crippen LogP contribution in [-0.2, 0) is 6.42 Å². The minimum absolute atomic E-state index is 0.214. The van der Waals surface area contributed by atoms with Crippen molar-refractivity contribution in [3.05, 3.63) is 61.0 Å². The minimum atomic E-state index is -0.214. The van der Waals surface area contributed by atoms with E-state index in [1.165, 1.54) is 4.68 Å². The topological polar surface area (TPSA) is 65.7 Å². The van der Waals surface area contributed by atoms with Gasteiger partial charge in [-0.05, 0) is 53.2 Å². The molecule has 0 aliphatic carbocycles. The smallest absolute Gasteiger partial charge is 0.282 e. The van der Waals surface area contributed by atoms with Gasteiger partial charge in [0, 0.05) is 20.9 Å². The molecule has 0 unspecified atom stereocenters. The van der Waals surface area contributed by atoms with Gasteiger partial charge in [-0.3, -0.25) is 4.79 Å². The van der Waals surface area contributed by atoms with E-state index in [9.17, 15) is 4.79 Å². The molecule has 8 heteroatoms. The van der Waals surface area contributed by atoms with Gasteiger partial charge < -0.3 is 9.47 Å². The fourth-order valence-electron chi connectivity index (χ4n) is 2.74. The molecule has 3 rings (SSSR count). The standard InChI is InChI=1S/C20H19Br2N3O3/c1-4-19-24-16-7-6-13(21)9-14(16)20(26)25(19)23-11-12-8-17(27-3)18(28-5-2)10-15(12)22/h6-11H,4-5H2,1-3H3. The fourth-order valence-corrected chi connectivity index (χ4v) is 3.53. The van der Waals surface area contributed by atoms with Gasteiger partial charge in [-0.2, -0.15) is 9.78 Å². The molecule has 0 bridgehead atoms. The summed E-state index contributed by atoms with van der Waals surface area (Å²) in [5.41, 5.74) is 1.19. The molecule has 0 fully saturated rings. The summed E-state index contributed by atoms with van der Waals surface area (Å²) in [6.07, 6.45) is 2.18. The molecule has 0 aliphatic rings. The summed E-state index contributed by atoms with van der Waals surface area (Å²) in [4.78, 5) is 17.5. The molecular formula is C20H19Br2N3O3. The fraction of sp³-hybridized carbons (Fsp3) is 0.250. The van der Waals surface area contributed by atoms with Crippen LogP contribution in [0.5, 0.6) is 11.5 Å². The van der Waals surface area contributed by atoms with E-state index in [4.69, 9.17) is 9.47 Å². The van der Waals surface area contributed by atoms with E-state index in [2.05, 4.69) is 41.9 Å². The van der Waals surface area contributed by atoms with Crippen LogP contribution in [0.1, 0.15) is 25.2 Å². The SMILES string of the molecule is CCOc1cc(Br)c(C=Nn2c(CC)nc3ccc(Br)cc3c2=O)cc1OC. The van der Waals surface area contributed by atoms with E-state index >= 15 is 0 Å². The third-order valence-corrected chi connectivity index (χ3v) is 5.27. The van der Waals surface area contributed by atoms with Gasteiger partial charge in [0.1, 0.15) is 5.82 Å². The highest BCUT2D eigenvalue weighted by Gasteiger charge is 2.11. The molecule has 0 N–H and O–H groups in total. The number of hydrogen-bond acceptors (Lipinski definition) is 5. The van der Waals surface area contributed by atoms with E-state index in [0.29, 0.717) is 41.3 Å². The van der Waals surface area contributed by atoms with Crippen LogP contribution in [0, 0.1) is 0 Å². The Morgan fingerprint density at radius 1 is 1.18 bits per heavy atom. The molecule has 0 spiro atoms. The highest BCUT2D eigenvalue weighted by atomic mass is 79.9. The Kier molecular flexibility index (Phi) is 6.51. The Bertz CT molecular complexity index is 1110. The maximum atomic E-state index is 13.0. The van der Waals surface area contributed by atoms with E-state index in [1.54, 1.807) is 25.5 Å². The first-order chi connectivity index (χ1) is 13.5. The second kappa shape index (κ2) is 8.87. The van der Waals surface area contributed by atoms with E-state index in [-0.39, 0.29) is 5.56 Å². The number of ether oxygens (including phenoxy) is 2. The number of hydrogen-bond donors (Lipinski definition) is 0. The van der Waals surface area contributed by atoms with Crippen molar-refractivity contribution >= 4 is 49.0 Å². The first-order valence-electron chi connectivity index (χ1n) is 8.74. The van der Waals surface area contributed by atoms with Crippen LogP contribution < -0.4 is 15.0 Å². The molecule has 0 amide bonds. The Morgan fingerprint density at radius 2 is 1.96 bits per heavy atom. The Labute approximate surface area is 179 Å². The van der Waals surface area contributed by atoms with Crippen LogP contribution in [0.25, 0.3) is 10.9 Å². The molecule has 0 saturated heterocycles. The lowest BCUT2D eigenvalue weighted by molar-refractivity contribution is 0.310. The molecule has 3 aromatic rings. The molecule has 0 saturated carbocycles. The number of aromatic nitrogens is 2. The number of halogens is 2. The van der Waals surface area contributed by atoms with Gasteiger partial charge in [0.25, 0.3) is 5.56 Å². The van der Waals surface area contributed by atoms with Crippen molar-refractivity contribution in [1.82, 2.24) is 9.66 Å². The summed E-state index contributed by atoms with van der Waals surface area (Å²) in [6.45, 7) is 4.38. The van der Waals surface area contributed by atoms with Crippen molar-refractivity contribution < 1.29 is 9.47 Å². The molecule has 1 heterocycles. The van der Waals surface area contributed by atoms with Gasteiger partial charge in [-0.25, -0.2) is 4.98 Å². The van der Waals surface area contributed by atoms with Gasteiger partial charge in [-0.1, -0.05) is 22.9 Å². The molecule has 2 aromatic carbocycles. The van der Waals surface area contributed by atoms with Gasteiger partial charge >= 0.3 is 0 Å². The quantitative estimate of drug-likeness (QED) is 0.450.